The Kier molecular flexibility index (Phi) is 8.48. The lowest BCUT2D eigenvalue weighted by molar-refractivity contribution is 0.111. The van der Waals surface area contributed by atoms with Crippen LogP contribution in [0.2, 0.25) is 13.1 Å². The quantitative estimate of drug-likeness (QED) is 0.150. The normalized spacial score (nSPS) is 13.2. The standard InChI is InChI=1S/C33H41N3O5SSi/c1-22-11-13-24(14-12-22)42(37,38)36-28(18-23-10-9-17-34-32(23)36)26-21-35(31(41-43(7)8)15-16-33(2,3)4)27-20-30(40-6)29(39-5)19-25(26)27/h9-14,17-21,31,43H,15-16H2,1-8H3. The Balaban J connectivity index is 1.83. The summed E-state index contributed by atoms with van der Waals surface area (Å²) in [6.45, 7) is 12.9. The molecule has 8 nitrogen and oxygen atoms in total. The molecule has 0 fully saturated rings. The summed E-state index contributed by atoms with van der Waals surface area (Å²) in [6.07, 6.45) is 5.16. The molecule has 3 heterocycles. The van der Waals surface area contributed by atoms with Crippen LogP contribution in [-0.2, 0) is 14.4 Å². The molecule has 2 aromatic carbocycles. The lowest BCUT2D eigenvalue weighted by Gasteiger charge is -2.27. The Hall–Kier alpha value is -3.60. The predicted octanol–water partition coefficient (Wildman–Crippen LogP) is 7.55. The van der Waals surface area contributed by atoms with Crippen LogP contribution in [-0.4, -0.2) is 45.2 Å². The average molecular weight is 620 g/mol. The fourth-order valence-corrected chi connectivity index (χ4v) is 7.80. The number of nitrogens with zero attached hydrogens (tertiary/aromatic N) is 3. The van der Waals surface area contributed by atoms with Gasteiger partial charge in [-0.25, -0.2) is 17.4 Å². The molecule has 0 saturated carbocycles. The van der Waals surface area contributed by atoms with Crippen molar-refractivity contribution in [1.29, 1.82) is 0 Å². The van der Waals surface area contributed by atoms with Gasteiger partial charge in [-0.05, 0) is 74.7 Å². The second-order valence-electron chi connectivity index (χ2n) is 12.4. The van der Waals surface area contributed by atoms with Gasteiger partial charge in [-0.1, -0.05) is 38.5 Å². The Bertz CT molecular complexity index is 1870. The second kappa shape index (κ2) is 11.8. The zero-order valence-corrected chi connectivity index (χ0v) is 28.2. The Labute approximate surface area is 256 Å². The molecule has 0 aliphatic carbocycles. The highest BCUT2D eigenvalue weighted by molar-refractivity contribution is 7.90. The van der Waals surface area contributed by atoms with E-state index in [9.17, 15) is 8.42 Å². The van der Waals surface area contributed by atoms with Crippen LogP contribution in [0.5, 0.6) is 11.5 Å². The third-order valence-corrected chi connectivity index (χ3v) is 10.2. The molecule has 0 radical (unpaired) electrons. The molecule has 0 bridgehead atoms. The zero-order valence-electron chi connectivity index (χ0n) is 26.2. The molecule has 3 aromatic heterocycles. The number of ether oxygens (including phenoxy) is 2. The molecule has 0 aliphatic rings. The van der Waals surface area contributed by atoms with Gasteiger partial charge in [0.15, 0.2) is 26.2 Å². The first-order valence-corrected chi connectivity index (χ1v) is 18.8. The Morgan fingerprint density at radius 2 is 1.65 bits per heavy atom. The minimum atomic E-state index is -4.01. The molecule has 0 saturated heterocycles. The van der Waals surface area contributed by atoms with Gasteiger partial charge in [0.1, 0.15) is 6.23 Å². The van der Waals surface area contributed by atoms with E-state index in [-0.39, 0.29) is 16.5 Å². The molecule has 1 atom stereocenters. The summed E-state index contributed by atoms with van der Waals surface area (Å²) in [4.78, 5) is 4.73. The smallest absolute Gasteiger partial charge is 0.269 e. The van der Waals surface area contributed by atoms with Crippen LogP contribution in [0.3, 0.4) is 0 Å². The van der Waals surface area contributed by atoms with Gasteiger partial charge in [0, 0.05) is 34.8 Å². The van der Waals surface area contributed by atoms with Gasteiger partial charge in [-0.2, -0.15) is 0 Å². The van der Waals surface area contributed by atoms with Gasteiger partial charge >= 0.3 is 0 Å². The van der Waals surface area contributed by atoms with Gasteiger partial charge in [0.2, 0.25) is 0 Å². The summed E-state index contributed by atoms with van der Waals surface area (Å²) in [6, 6.07) is 16.4. The summed E-state index contributed by atoms with van der Waals surface area (Å²) in [7, 11) is -2.25. The van der Waals surface area contributed by atoms with E-state index < -0.39 is 19.1 Å². The topological polar surface area (TPSA) is 84.6 Å². The molecule has 0 N–H and O–H groups in total. The van der Waals surface area contributed by atoms with E-state index >= 15 is 0 Å². The number of methoxy groups -OCH3 is 2. The van der Waals surface area contributed by atoms with Crippen molar-refractivity contribution < 1.29 is 22.3 Å². The first-order chi connectivity index (χ1) is 20.3. The first kappa shape index (κ1) is 30.8. The molecule has 0 amide bonds. The molecular formula is C33H41N3O5SSi. The van der Waals surface area contributed by atoms with Crippen LogP contribution in [0.4, 0.5) is 0 Å². The van der Waals surface area contributed by atoms with Gasteiger partial charge in [0.05, 0.1) is 30.3 Å². The maximum Gasteiger partial charge on any atom is 0.269 e. The summed E-state index contributed by atoms with van der Waals surface area (Å²) in [5.41, 5.74) is 3.59. The highest BCUT2D eigenvalue weighted by Gasteiger charge is 2.29. The van der Waals surface area contributed by atoms with E-state index in [1.165, 1.54) is 3.97 Å². The van der Waals surface area contributed by atoms with Crippen LogP contribution in [0.15, 0.2) is 71.9 Å². The maximum atomic E-state index is 14.3. The SMILES string of the molecule is COc1cc2c(-c3cc4cccnc4n3S(=O)(=O)c3ccc(C)cc3)cn(C(CCC(C)(C)C)O[SiH](C)C)c2cc1OC. The van der Waals surface area contributed by atoms with E-state index in [0.717, 1.165) is 40.3 Å². The lowest BCUT2D eigenvalue weighted by Crippen LogP contribution is -2.21. The van der Waals surface area contributed by atoms with Crippen LogP contribution in [0, 0.1) is 12.3 Å². The number of hydrogen-bond acceptors (Lipinski definition) is 6. The van der Waals surface area contributed by atoms with Crippen LogP contribution >= 0.6 is 0 Å². The summed E-state index contributed by atoms with van der Waals surface area (Å²) in [5.74, 6) is 1.15. The van der Waals surface area contributed by atoms with E-state index in [4.69, 9.17) is 13.9 Å². The number of hydrogen-bond donors (Lipinski definition) is 0. The third kappa shape index (κ3) is 6.09. The fraction of sp³-hybridized carbons (Fsp3) is 0.364. The van der Waals surface area contributed by atoms with Crippen molar-refractivity contribution in [2.45, 2.75) is 64.8 Å². The molecule has 1 unspecified atom stereocenters. The van der Waals surface area contributed by atoms with Gasteiger partial charge in [-0.3, -0.25) is 0 Å². The van der Waals surface area contributed by atoms with Crippen LogP contribution < -0.4 is 9.47 Å². The minimum absolute atomic E-state index is 0.118. The molecule has 10 heteroatoms. The van der Waals surface area contributed by atoms with Crippen molar-refractivity contribution in [3.63, 3.8) is 0 Å². The number of benzene rings is 2. The van der Waals surface area contributed by atoms with Crippen molar-refractivity contribution in [3.8, 4) is 22.8 Å². The summed E-state index contributed by atoms with van der Waals surface area (Å²) < 4.78 is 50.2. The van der Waals surface area contributed by atoms with Crippen molar-refractivity contribution >= 4 is 41.0 Å². The largest absolute Gasteiger partial charge is 0.493 e. The van der Waals surface area contributed by atoms with Crippen molar-refractivity contribution in [1.82, 2.24) is 13.5 Å². The zero-order chi connectivity index (χ0) is 31.1. The third-order valence-electron chi connectivity index (χ3n) is 7.57. The average Bonchev–Trinajstić information content (AvgIpc) is 3.52. The minimum Gasteiger partial charge on any atom is -0.493 e. The van der Waals surface area contributed by atoms with Crippen molar-refractivity contribution in [2.75, 3.05) is 14.2 Å². The van der Waals surface area contributed by atoms with E-state index in [1.807, 2.05) is 55.6 Å². The highest BCUT2D eigenvalue weighted by Crippen LogP contribution is 2.43. The number of rotatable bonds is 10. The Morgan fingerprint density at radius 1 is 0.977 bits per heavy atom. The monoisotopic (exact) mass is 619 g/mol. The molecule has 0 aliphatic heterocycles. The van der Waals surface area contributed by atoms with Crippen molar-refractivity contribution in [2.24, 2.45) is 5.41 Å². The molecule has 5 rings (SSSR count). The maximum absolute atomic E-state index is 14.3. The van der Waals surface area contributed by atoms with E-state index in [1.54, 1.807) is 32.5 Å². The molecule has 43 heavy (non-hydrogen) atoms. The molecule has 5 aromatic rings. The van der Waals surface area contributed by atoms with Gasteiger partial charge in [-0.15, -0.1) is 0 Å². The molecular weight excluding hydrogens is 579 g/mol. The van der Waals surface area contributed by atoms with Crippen LogP contribution in [0.1, 0.15) is 45.4 Å². The van der Waals surface area contributed by atoms with E-state index in [2.05, 4.69) is 43.4 Å². The van der Waals surface area contributed by atoms with E-state index in [0.29, 0.717) is 22.8 Å². The lowest BCUT2D eigenvalue weighted by atomic mass is 9.90. The summed E-state index contributed by atoms with van der Waals surface area (Å²) >= 11 is 0. The summed E-state index contributed by atoms with van der Waals surface area (Å²) in [5, 5.41) is 1.56. The van der Waals surface area contributed by atoms with Crippen molar-refractivity contribution in [3.05, 3.63) is 72.6 Å². The Morgan fingerprint density at radius 3 is 2.28 bits per heavy atom. The second-order valence-corrected chi connectivity index (χ2v) is 16.6. The fourth-order valence-electron chi connectivity index (χ4n) is 5.42. The number of fused-ring (bicyclic) bond motifs is 2. The number of aromatic nitrogens is 3. The number of aryl methyl sites for hydroxylation is 1. The molecule has 0 spiro atoms. The van der Waals surface area contributed by atoms with Gasteiger partial charge in [0.25, 0.3) is 10.0 Å². The number of pyridine rings is 1. The highest BCUT2D eigenvalue weighted by atomic mass is 32.2. The predicted molar refractivity (Wildman–Crippen MR) is 175 cm³/mol. The molecule has 228 valence electrons. The first-order valence-electron chi connectivity index (χ1n) is 14.5. The van der Waals surface area contributed by atoms with Crippen LogP contribution in [0.25, 0.3) is 33.2 Å². The van der Waals surface area contributed by atoms with Gasteiger partial charge < -0.3 is 18.5 Å².